The quantitative estimate of drug-likeness (QED) is 0.193. The molecular formula is C27H35F4N5O5. The van der Waals surface area contributed by atoms with E-state index in [1.54, 1.807) is 6.92 Å². The van der Waals surface area contributed by atoms with Crippen molar-refractivity contribution in [2.45, 2.75) is 44.1 Å². The summed E-state index contributed by atoms with van der Waals surface area (Å²) >= 11 is 0. The van der Waals surface area contributed by atoms with Gasteiger partial charge in [0.15, 0.2) is 17.3 Å². The van der Waals surface area contributed by atoms with Gasteiger partial charge in [0.25, 0.3) is 0 Å². The van der Waals surface area contributed by atoms with E-state index in [2.05, 4.69) is 5.32 Å². The Kier molecular flexibility index (Phi) is 12.6. The molecule has 0 unspecified atom stereocenters. The highest BCUT2D eigenvalue weighted by Gasteiger charge is 2.34. The molecule has 8 N–H and O–H groups in total. The number of benzene rings is 2. The molecule has 14 heteroatoms. The molecule has 0 saturated heterocycles. The Morgan fingerprint density at radius 2 is 1.66 bits per heavy atom. The average Bonchev–Trinajstić information content (AvgIpc) is 2.92. The molecule has 3 atom stereocenters. The summed E-state index contributed by atoms with van der Waals surface area (Å²) in [6, 6.07) is 4.03. The molecule has 0 radical (unpaired) electrons. The Labute approximate surface area is 234 Å². The molecular weight excluding hydrogens is 550 g/mol. The van der Waals surface area contributed by atoms with Crippen LogP contribution < -0.4 is 27.3 Å². The van der Waals surface area contributed by atoms with Gasteiger partial charge in [-0.25, -0.2) is 4.39 Å². The summed E-state index contributed by atoms with van der Waals surface area (Å²) in [5, 5.41) is 13.3. The standard InChI is InChI=1S/C27H35F4N5O5/c1-2-41-22-8-3-16(13-19(22)28)14-21(37)24(25(39)17-4-6-18(7-5-17)27(29,30)31)35-26(40)20(34)15-23(38)36(11-9-32)12-10-33/h3-8,13,20,24-25,39H,2,9-12,14-15,32-34H2,1H3,(H,35,40)/t20-,24+,25+/m0/s1. The van der Waals surface area contributed by atoms with E-state index in [4.69, 9.17) is 21.9 Å². The van der Waals surface area contributed by atoms with E-state index in [0.717, 1.165) is 30.3 Å². The molecule has 2 aromatic rings. The highest BCUT2D eigenvalue weighted by atomic mass is 19.4. The summed E-state index contributed by atoms with van der Waals surface area (Å²) in [6.45, 7) is 2.53. The van der Waals surface area contributed by atoms with Crippen LogP contribution in [-0.4, -0.2) is 72.5 Å². The molecule has 0 bridgehead atoms. The predicted octanol–water partition coefficient (Wildman–Crippen LogP) is 1.04. The van der Waals surface area contributed by atoms with E-state index in [-0.39, 0.29) is 49.7 Å². The van der Waals surface area contributed by atoms with E-state index < -0.39 is 66.2 Å². The minimum atomic E-state index is -4.63. The van der Waals surface area contributed by atoms with Crippen molar-refractivity contribution < 1.29 is 41.8 Å². The zero-order valence-corrected chi connectivity index (χ0v) is 22.5. The molecule has 41 heavy (non-hydrogen) atoms. The molecule has 0 fully saturated rings. The van der Waals surface area contributed by atoms with Crippen molar-refractivity contribution in [2.24, 2.45) is 17.2 Å². The van der Waals surface area contributed by atoms with Gasteiger partial charge in [0.05, 0.1) is 24.6 Å². The SMILES string of the molecule is CCOc1ccc(CC(=O)[C@@H](NC(=O)[C@@H](N)CC(=O)N(CCN)CCN)[C@H](O)c2ccc(C(F)(F)F)cc2)cc1F. The number of carbonyl (C=O) groups is 3. The number of halogens is 4. The van der Waals surface area contributed by atoms with Crippen LogP contribution in [0.15, 0.2) is 42.5 Å². The zero-order valence-electron chi connectivity index (χ0n) is 22.5. The van der Waals surface area contributed by atoms with E-state index >= 15 is 0 Å². The molecule has 0 heterocycles. The van der Waals surface area contributed by atoms with Gasteiger partial charge in [-0.15, -0.1) is 0 Å². The third kappa shape index (κ3) is 9.78. The van der Waals surface area contributed by atoms with Gasteiger partial charge >= 0.3 is 6.18 Å². The number of nitrogens with one attached hydrogen (secondary N) is 1. The van der Waals surface area contributed by atoms with Gasteiger partial charge in [0, 0.05) is 32.6 Å². The summed E-state index contributed by atoms with van der Waals surface area (Å²) in [4.78, 5) is 40.1. The maximum absolute atomic E-state index is 14.3. The molecule has 2 rings (SSSR count). The smallest absolute Gasteiger partial charge is 0.416 e. The van der Waals surface area contributed by atoms with Crippen molar-refractivity contribution in [1.29, 1.82) is 0 Å². The molecule has 0 spiro atoms. The summed E-state index contributed by atoms with van der Waals surface area (Å²) in [6.07, 6.45) is -7.35. The number of amides is 2. The van der Waals surface area contributed by atoms with Gasteiger partial charge in [0.1, 0.15) is 12.1 Å². The lowest BCUT2D eigenvalue weighted by molar-refractivity contribution is -0.137. The lowest BCUT2D eigenvalue weighted by Gasteiger charge is -2.26. The lowest BCUT2D eigenvalue weighted by Crippen LogP contribution is -2.52. The van der Waals surface area contributed by atoms with Crippen molar-refractivity contribution in [3.05, 3.63) is 65.0 Å². The Bertz CT molecular complexity index is 1170. The van der Waals surface area contributed by atoms with Crippen molar-refractivity contribution in [3.8, 4) is 5.75 Å². The number of Topliss-reactive ketones (excluding diaryl/α,β-unsaturated/α-hetero) is 1. The molecule has 0 aromatic heterocycles. The predicted molar refractivity (Wildman–Crippen MR) is 142 cm³/mol. The first-order chi connectivity index (χ1) is 19.3. The number of hydrogen-bond acceptors (Lipinski definition) is 8. The molecule has 0 aliphatic heterocycles. The van der Waals surface area contributed by atoms with Gasteiger partial charge < -0.3 is 37.3 Å². The van der Waals surface area contributed by atoms with Crippen LogP contribution >= 0.6 is 0 Å². The van der Waals surface area contributed by atoms with Crippen LogP contribution in [0.2, 0.25) is 0 Å². The van der Waals surface area contributed by atoms with Gasteiger partial charge in [-0.3, -0.25) is 14.4 Å². The first-order valence-electron chi connectivity index (χ1n) is 12.8. The van der Waals surface area contributed by atoms with E-state index in [1.165, 1.54) is 17.0 Å². The average molecular weight is 586 g/mol. The fourth-order valence-electron chi connectivity index (χ4n) is 3.98. The minimum Gasteiger partial charge on any atom is -0.491 e. The van der Waals surface area contributed by atoms with Crippen LogP contribution in [0.4, 0.5) is 17.6 Å². The maximum atomic E-state index is 14.3. The van der Waals surface area contributed by atoms with Gasteiger partial charge in [-0.05, 0) is 42.3 Å². The molecule has 10 nitrogen and oxygen atoms in total. The first-order valence-corrected chi connectivity index (χ1v) is 12.8. The number of alkyl halides is 3. The Balaban J connectivity index is 2.30. The zero-order chi connectivity index (χ0) is 30.7. The first kappa shape index (κ1) is 33.6. The van der Waals surface area contributed by atoms with Gasteiger partial charge in [-0.2, -0.15) is 13.2 Å². The second-order valence-electron chi connectivity index (χ2n) is 9.16. The molecule has 0 aliphatic rings. The number of hydrogen-bond donors (Lipinski definition) is 5. The number of carbonyl (C=O) groups excluding carboxylic acids is 3. The monoisotopic (exact) mass is 585 g/mol. The van der Waals surface area contributed by atoms with Crippen LogP contribution in [0.5, 0.6) is 5.75 Å². The summed E-state index contributed by atoms with van der Waals surface area (Å²) in [7, 11) is 0. The van der Waals surface area contributed by atoms with Crippen LogP contribution in [-0.2, 0) is 27.0 Å². The fourth-order valence-corrected chi connectivity index (χ4v) is 3.98. The third-order valence-electron chi connectivity index (χ3n) is 6.10. The summed E-state index contributed by atoms with van der Waals surface area (Å²) < 4.78 is 58.5. The van der Waals surface area contributed by atoms with Crippen molar-refractivity contribution >= 4 is 17.6 Å². The van der Waals surface area contributed by atoms with Crippen LogP contribution in [0.1, 0.15) is 36.1 Å². The largest absolute Gasteiger partial charge is 0.491 e. The molecule has 0 saturated carbocycles. The number of aliphatic hydroxyl groups excluding tert-OH is 1. The third-order valence-corrected chi connectivity index (χ3v) is 6.10. The molecule has 2 aromatic carbocycles. The normalized spacial score (nSPS) is 13.7. The minimum absolute atomic E-state index is 0.0349. The highest BCUT2D eigenvalue weighted by Crippen LogP contribution is 2.30. The van der Waals surface area contributed by atoms with Crippen molar-refractivity contribution in [1.82, 2.24) is 10.2 Å². The number of aliphatic hydroxyl groups is 1. The number of ether oxygens (including phenoxy) is 1. The van der Waals surface area contributed by atoms with E-state index in [9.17, 15) is 37.1 Å². The number of rotatable bonds is 15. The van der Waals surface area contributed by atoms with Crippen LogP contribution in [0.3, 0.4) is 0 Å². The van der Waals surface area contributed by atoms with Gasteiger partial charge in [-0.1, -0.05) is 18.2 Å². The topological polar surface area (TPSA) is 174 Å². The molecule has 226 valence electrons. The summed E-state index contributed by atoms with van der Waals surface area (Å²) in [5.74, 6) is -3.05. The van der Waals surface area contributed by atoms with Gasteiger partial charge in [0.2, 0.25) is 11.8 Å². The lowest BCUT2D eigenvalue weighted by atomic mass is 9.94. The summed E-state index contributed by atoms with van der Waals surface area (Å²) in [5.41, 5.74) is 16.0. The molecule has 0 aliphatic carbocycles. The Hall–Kier alpha value is -3.59. The second-order valence-corrected chi connectivity index (χ2v) is 9.16. The fraction of sp³-hybridized carbons (Fsp3) is 0.444. The number of ketones is 1. The Morgan fingerprint density at radius 3 is 2.17 bits per heavy atom. The molecule has 2 amide bonds. The van der Waals surface area contributed by atoms with Crippen LogP contribution in [0, 0.1) is 5.82 Å². The Morgan fingerprint density at radius 1 is 1.05 bits per heavy atom. The van der Waals surface area contributed by atoms with Crippen LogP contribution in [0.25, 0.3) is 0 Å². The number of nitrogens with two attached hydrogens (primary N) is 3. The van der Waals surface area contributed by atoms with Crippen molar-refractivity contribution in [2.75, 3.05) is 32.8 Å². The van der Waals surface area contributed by atoms with E-state index in [0.29, 0.717) is 0 Å². The second kappa shape index (κ2) is 15.4. The van der Waals surface area contributed by atoms with E-state index in [1.807, 2.05) is 0 Å². The maximum Gasteiger partial charge on any atom is 0.416 e. The highest BCUT2D eigenvalue weighted by molar-refractivity contribution is 5.94. The van der Waals surface area contributed by atoms with Crippen molar-refractivity contribution in [3.63, 3.8) is 0 Å². The number of nitrogens with zero attached hydrogens (tertiary/aromatic N) is 1.